The fraction of sp³-hybridized carbons (Fsp3) is 0.176. The second-order valence-corrected chi connectivity index (χ2v) is 6.04. The number of nitrogens with one attached hydrogen (secondary N) is 1. The Kier molecular flexibility index (Phi) is 4.07. The lowest BCUT2D eigenvalue weighted by atomic mass is 10.1. The molecule has 2 heterocycles. The van der Waals surface area contributed by atoms with Gasteiger partial charge in [-0.3, -0.25) is 5.41 Å². The summed E-state index contributed by atoms with van der Waals surface area (Å²) in [6.45, 7) is 2.15. The van der Waals surface area contributed by atoms with Crippen LogP contribution < -0.4 is 5.49 Å². The number of halogens is 1. The second kappa shape index (κ2) is 6.03. The van der Waals surface area contributed by atoms with Crippen molar-refractivity contribution in [3.63, 3.8) is 0 Å². The largest absolute Gasteiger partial charge is 0.454 e. The smallest absolute Gasteiger partial charge is 0.157 e. The summed E-state index contributed by atoms with van der Waals surface area (Å²) in [6, 6.07) is 9.68. The van der Waals surface area contributed by atoms with Gasteiger partial charge in [0.15, 0.2) is 5.58 Å². The Balaban J connectivity index is 2.31. The van der Waals surface area contributed by atoms with Crippen LogP contribution in [0.4, 0.5) is 0 Å². The van der Waals surface area contributed by atoms with Crippen LogP contribution in [0.1, 0.15) is 11.1 Å². The average molecular weight is 372 g/mol. The quantitative estimate of drug-likeness (QED) is 0.740. The Morgan fingerprint density at radius 3 is 2.91 bits per heavy atom. The van der Waals surface area contributed by atoms with E-state index in [9.17, 15) is 5.26 Å². The van der Waals surface area contributed by atoms with Crippen molar-refractivity contribution in [2.45, 2.75) is 13.5 Å². The summed E-state index contributed by atoms with van der Waals surface area (Å²) in [6.07, 6.45) is 1.54. The molecule has 0 atom stereocenters. The Bertz CT molecular complexity index is 995. The predicted octanol–water partition coefficient (Wildman–Crippen LogP) is 3.32. The van der Waals surface area contributed by atoms with Gasteiger partial charge in [0.05, 0.1) is 12.0 Å². The lowest BCUT2D eigenvalue weighted by Gasteiger charge is -2.05. The molecular formula is C17H14BrN3O2. The first-order valence-electron chi connectivity index (χ1n) is 7.05. The molecule has 0 fully saturated rings. The number of benzene rings is 1. The summed E-state index contributed by atoms with van der Waals surface area (Å²) < 4.78 is 8.41. The summed E-state index contributed by atoms with van der Waals surface area (Å²) in [5.41, 5.74) is 2.91. The van der Waals surface area contributed by atoms with Crippen molar-refractivity contribution in [3.05, 3.63) is 51.5 Å². The Hall–Kier alpha value is -2.36. The number of fused-ring (bicyclic) bond motifs is 1. The Morgan fingerprint density at radius 1 is 1.43 bits per heavy atom. The minimum absolute atomic E-state index is 0.0949. The molecule has 6 heteroatoms. The van der Waals surface area contributed by atoms with Crippen LogP contribution in [0.3, 0.4) is 0 Å². The van der Waals surface area contributed by atoms with Gasteiger partial charge < -0.3 is 14.1 Å². The SMILES string of the molecule is Cc1c(Br)cccc1-c1cc2c(=N)n(CCO)cc(C#N)c2o1. The van der Waals surface area contributed by atoms with E-state index < -0.39 is 0 Å². The average Bonchev–Trinajstić information content (AvgIpc) is 2.98. The van der Waals surface area contributed by atoms with Gasteiger partial charge in [-0.15, -0.1) is 0 Å². The van der Waals surface area contributed by atoms with Gasteiger partial charge >= 0.3 is 0 Å². The van der Waals surface area contributed by atoms with E-state index in [1.807, 2.05) is 25.1 Å². The predicted molar refractivity (Wildman–Crippen MR) is 89.7 cm³/mol. The molecule has 0 aliphatic heterocycles. The van der Waals surface area contributed by atoms with Gasteiger partial charge in [0.2, 0.25) is 0 Å². The lowest BCUT2D eigenvalue weighted by molar-refractivity contribution is 0.273. The van der Waals surface area contributed by atoms with Gasteiger partial charge in [-0.25, -0.2) is 0 Å². The van der Waals surface area contributed by atoms with Gasteiger partial charge in [0.25, 0.3) is 0 Å². The van der Waals surface area contributed by atoms with E-state index in [0.717, 1.165) is 15.6 Å². The molecule has 3 aromatic rings. The second-order valence-electron chi connectivity index (χ2n) is 5.19. The number of nitrogens with zero attached hydrogens (tertiary/aromatic N) is 2. The van der Waals surface area contributed by atoms with Crippen LogP contribution in [0.25, 0.3) is 22.3 Å². The van der Waals surface area contributed by atoms with E-state index in [1.54, 1.807) is 16.8 Å². The lowest BCUT2D eigenvalue weighted by Crippen LogP contribution is -2.21. The molecule has 0 aliphatic carbocycles. The van der Waals surface area contributed by atoms with E-state index >= 15 is 0 Å². The third kappa shape index (κ3) is 2.58. The first-order chi connectivity index (χ1) is 11.1. The zero-order valence-corrected chi connectivity index (χ0v) is 14.0. The topological polar surface area (TPSA) is 85.9 Å². The van der Waals surface area contributed by atoms with Crippen LogP contribution in [0, 0.1) is 23.7 Å². The molecule has 0 amide bonds. The van der Waals surface area contributed by atoms with Gasteiger partial charge in [-0.1, -0.05) is 28.1 Å². The maximum Gasteiger partial charge on any atom is 0.157 e. The number of nitriles is 1. The van der Waals surface area contributed by atoms with Gasteiger partial charge in [0.1, 0.15) is 22.9 Å². The molecule has 116 valence electrons. The van der Waals surface area contributed by atoms with Gasteiger partial charge in [0, 0.05) is 22.8 Å². The van der Waals surface area contributed by atoms with Crippen LogP contribution in [0.5, 0.6) is 0 Å². The fourth-order valence-electron chi connectivity index (χ4n) is 2.57. The first kappa shape index (κ1) is 15.5. The molecule has 0 saturated carbocycles. The van der Waals surface area contributed by atoms with E-state index in [1.165, 1.54) is 0 Å². The van der Waals surface area contributed by atoms with Crippen LogP contribution in [0.15, 0.2) is 39.4 Å². The number of hydrogen-bond acceptors (Lipinski definition) is 4. The molecule has 0 bridgehead atoms. The van der Waals surface area contributed by atoms with Gasteiger partial charge in [-0.05, 0) is 24.6 Å². The van der Waals surface area contributed by atoms with Crippen molar-refractivity contribution in [2.75, 3.05) is 6.61 Å². The van der Waals surface area contributed by atoms with E-state index in [-0.39, 0.29) is 18.6 Å². The Labute approximate surface area is 141 Å². The third-order valence-electron chi connectivity index (χ3n) is 3.80. The number of pyridine rings is 1. The molecule has 0 unspecified atom stereocenters. The molecule has 2 N–H and O–H groups in total. The van der Waals surface area contributed by atoms with E-state index in [0.29, 0.717) is 22.3 Å². The molecule has 1 aromatic carbocycles. The molecule has 23 heavy (non-hydrogen) atoms. The monoisotopic (exact) mass is 371 g/mol. The summed E-state index contributed by atoms with van der Waals surface area (Å²) in [5.74, 6) is 0.616. The maximum absolute atomic E-state index is 9.34. The maximum atomic E-state index is 9.34. The Morgan fingerprint density at radius 2 is 2.22 bits per heavy atom. The number of aliphatic hydroxyl groups is 1. The molecule has 2 aromatic heterocycles. The van der Waals surface area contributed by atoms with Crippen molar-refractivity contribution < 1.29 is 9.52 Å². The molecule has 0 radical (unpaired) electrons. The minimum Gasteiger partial charge on any atom is -0.454 e. The normalized spacial score (nSPS) is 10.9. The van der Waals surface area contributed by atoms with Crippen LogP contribution in [0.2, 0.25) is 0 Å². The third-order valence-corrected chi connectivity index (χ3v) is 4.66. The molecular weight excluding hydrogens is 358 g/mol. The highest BCUT2D eigenvalue weighted by atomic mass is 79.9. The molecule has 0 aliphatic rings. The first-order valence-corrected chi connectivity index (χ1v) is 7.84. The zero-order valence-electron chi connectivity index (χ0n) is 12.4. The standard InChI is InChI=1S/C17H14BrN3O2/c1-10-12(3-2-4-14(10)18)15-7-13-16(23-15)11(8-19)9-21(5-6-22)17(13)20/h2-4,7,9,20,22H,5-6H2,1H3. The zero-order chi connectivity index (χ0) is 16.6. The highest BCUT2D eigenvalue weighted by Crippen LogP contribution is 2.32. The van der Waals surface area contributed by atoms with Crippen molar-refractivity contribution >= 4 is 26.9 Å². The molecule has 0 saturated heterocycles. The molecule has 5 nitrogen and oxygen atoms in total. The summed E-state index contributed by atoms with van der Waals surface area (Å²) in [5, 5.41) is 27.3. The van der Waals surface area contributed by atoms with Gasteiger partial charge in [-0.2, -0.15) is 5.26 Å². The number of hydrogen-bond donors (Lipinski definition) is 2. The summed E-state index contributed by atoms with van der Waals surface area (Å²) in [7, 11) is 0. The summed E-state index contributed by atoms with van der Waals surface area (Å²) >= 11 is 3.50. The minimum atomic E-state index is -0.0949. The van der Waals surface area contributed by atoms with Crippen molar-refractivity contribution in [1.82, 2.24) is 4.57 Å². The number of furan rings is 1. The van der Waals surface area contributed by atoms with Crippen LogP contribution in [-0.2, 0) is 6.54 Å². The van der Waals surface area contributed by atoms with Crippen molar-refractivity contribution in [2.24, 2.45) is 0 Å². The fourth-order valence-corrected chi connectivity index (χ4v) is 2.94. The van der Waals surface area contributed by atoms with Crippen LogP contribution in [-0.4, -0.2) is 16.3 Å². The van der Waals surface area contributed by atoms with E-state index in [2.05, 4.69) is 22.0 Å². The van der Waals surface area contributed by atoms with Crippen LogP contribution >= 0.6 is 15.9 Å². The van der Waals surface area contributed by atoms with Crippen molar-refractivity contribution in [3.8, 4) is 17.4 Å². The van der Waals surface area contributed by atoms with E-state index in [4.69, 9.17) is 14.9 Å². The highest BCUT2D eigenvalue weighted by molar-refractivity contribution is 9.10. The van der Waals surface area contributed by atoms with Crippen molar-refractivity contribution in [1.29, 1.82) is 10.7 Å². The summed E-state index contributed by atoms with van der Waals surface area (Å²) in [4.78, 5) is 0. The number of aliphatic hydroxyl groups excluding tert-OH is 1. The highest BCUT2D eigenvalue weighted by Gasteiger charge is 2.15. The molecule has 3 rings (SSSR count). The number of aromatic nitrogens is 1. The molecule has 0 spiro atoms. The number of rotatable bonds is 3.